The molecule has 36 heavy (non-hydrogen) atoms. The number of amides is 1. The number of carbonyl (C=O) groups excluding carboxylic acids is 1. The van der Waals surface area contributed by atoms with Crippen LogP contribution in [0, 0.1) is 5.82 Å². The van der Waals surface area contributed by atoms with Crippen LogP contribution in [-0.2, 0) is 10.0 Å². The van der Waals surface area contributed by atoms with Crippen LogP contribution in [0.5, 0.6) is 5.88 Å². The SMILES string of the molecule is COc1ncc(F)cc1[C@H]1CCCN1c1cn2c(C(=O)Nc3ccc(S(N)(=O)=O)cc3)nnc2cn1. The molecule has 1 aliphatic heterocycles. The van der Waals surface area contributed by atoms with E-state index in [1.54, 1.807) is 6.20 Å². The van der Waals surface area contributed by atoms with Crippen LogP contribution in [0.2, 0.25) is 0 Å². The van der Waals surface area contributed by atoms with Gasteiger partial charge in [0.05, 0.1) is 36.6 Å². The Hall–Kier alpha value is -4.17. The number of halogens is 1. The largest absolute Gasteiger partial charge is 0.481 e. The van der Waals surface area contributed by atoms with E-state index in [2.05, 4.69) is 25.5 Å². The van der Waals surface area contributed by atoms with E-state index in [0.717, 1.165) is 19.0 Å². The molecular formula is C22H21FN8O4S. The van der Waals surface area contributed by atoms with Crippen LogP contribution < -0.4 is 20.1 Å². The van der Waals surface area contributed by atoms with E-state index >= 15 is 0 Å². The fourth-order valence-corrected chi connectivity index (χ4v) is 4.74. The van der Waals surface area contributed by atoms with Crippen LogP contribution in [0.1, 0.15) is 35.1 Å². The maximum atomic E-state index is 14.0. The highest BCUT2D eigenvalue weighted by atomic mass is 32.2. The zero-order chi connectivity index (χ0) is 25.4. The second-order valence-corrected chi connectivity index (χ2v) is 9.69. The molecule has 0 saturated carbocycles. The number of anilines is 2. The number of hydrogen-bond donors (Lipinski definition) is 2. The van der Waals surface area contributed by atoms with Crippen molar-refractivity contribution < 1.29 is 22.3 Å². The van der Waals surface area contributed by atoms with Crippen LogP contribution in [-0.4, -0.2) is 52.5 Å². The Morgan fingerprint density at radius 3 is 2.69 bits per heavy atom. The van der Waals surface area contributed by atoms with Crippen molar-refractivity contribution in [1.82, 2.24) is 24.6 Å². The summed E-state index contributed by atoms with van der Waals surface area (Å²) in [6.07, 6.45) is 5.83. The van der Waals surface area contributed by atoms with Gasteiger partial charge in [0.25, 0.3) is 5.91 Å². The molecule has 3 N–H and O–H groups in total. The highest BCUT2D eigenvalue weighted by molar-refractivity contribution is 7.89. The number of nitrogens with zero attached hydrogens (tertiary/aromatic N) is 6. The number of primary sulfonamides is 1. The Morgan fingerprint density at radius 1 is 1.19 bits per heavy atom. The number of ether oxygens (including phenoxy) is 1. The quantitative estimate of drug-likeness (QED) is 0.394. The van der Waals surface area contributed by atoms with E-state index in [1.165, 1.54) is 48.0 Å². The molecule has 0 spiro atoms. The van der Waals surface area contributed by atoms with Gasteiger partial charge >= 0.3 is 0 Å². The lowest BCUT2D eigenvalue weighted by atomic mass is 10.1. The van der Waals surface area contributed by atoms with Gasteiger partial charge in [-0.2, -0.15) is 0 Å². The maximum Gasteiger partial charge on any atom is 0.293 e. The summed E-state index contributed by atoms with van der Waals surface area (Å²) in [5.74, 6) is -0.132. The third-order valence-corrected chi connectivity index (χ3v) is 6.80. The van der Waals surface area contributed by atoms with E-state index in [4.69, 9.17) is 9.88 Å². The molecule has 4 aromatic rings. The Bertz CT molecular complexity index is 1560. The molecule has 186 valence electrons. The van der Waals surface area contributed by atoms with Crippen molar-refractivity contribution in [3.05, 3.63) is 66.1 Å². The second-order valence-electron chi connectivity index (χ2n) is 8.12. The molecule has 4 heterocycles. The number of rotatable bonds is 6. The molecule has 14 heteroatoms. The normalized spacial score (nSPS) is 15.9. The summed E-state index contributed by atoms with van der Waals surface area (Å²) in [4.78, 5) is 23.4. The second kappa shape index (κ2) is 9.13. The van der Waals surface area contributed by atoms with Gasteiger partial charge in [-0.05, 0) is 43.2 Å². The number of nitrogens with two attached hydrogens (primary N) is 1. The Kier molecular flexibility index (Phi) is 5.97. The lowest BCUT2D eigenvalue weighted by Gasteiger charge is -2.26. The third-order valence-electron chi connectivity index (χ3n) is 5.87. The number of sulfonamides is 1. The number of aromatic nitrogens is 5. The molecule has 1 aromatic carbocycles. The van der Waals surface area contributed by atoms with Crippen molar-refractivity contribution in [1.29, 1.82) is 0 Å². The predicted octanol–water partition coefficient (Wildman–Crippen LogP) is 1.91. The molecule has 5 rings (SSSR count). The predicted molar refractivity (Wildman–Crippen MR) is 127 cm³/mol. The average molecular weight is 513 g/mol. The standard InChI is InChI=1S/C22H21FN8O4S/c1-35-22-16(9-13(23)10-26-22)17-3-2-8-30(17)19-12-31-18(11-25-19)28-29-20(31)21(32)27-14-4-6-15(7-5-14)36(24,33)34/h4-7,9-12,17H,2-3,8H2,1H3,(H,27,32)(H2,24,33,34)/t17-/m1/s1. The Labute approximate surface area is 205 Å². The fraction of sp³-hybridized carbons (Fsp3) is 0.227. The van der Waals surface area contributed by atoms with Crippen molar-refractivity contribution in [2.24, 2.45) is 5.14 Å². The van der Waals surface area contributed by atoms with E-state index < -0.39 is 21.7 Å². The first-order valence-corrected chi connectivity index (χ1v) is 12.4. The lowest BCUT2D eigenvalue weighted by Crippen LogP contribution is -2.25. The van der Waals surface area contributed by atoms with E-state index in [9.17, 15) is 17.6 Å². The molecule has 3 aromatic heterocycles. The van der Waals surface area contributed by atoms with Crippen LogP contribution >= 0.6 is 0 Å². The van der Waals surface area contributed by atoms with Gasteiger partial charge in [0.1, 0.15) is 11.6 Å². The summed E-state index contributed by atoms with van der Waals surface area (Å²) in [6.45, 7) is 0.656. The molecule has 0 unspecified atom stereocenters. The first-order valence-electron chi connectivity index (χ1n) is 10.9. The van der Waals surface area contributed by atoms with Gasteiger partial charge in [-0.25, -0.2) is 27.9 Å². The smallest absolute Gasteiger partial charge is 0.293 e. The number of hydrogen-bond acceptors (Lipinski definition) is 9. The molecule has 0 bridgehead atoms. The number of nitrogens with one attached hydrogen (secondary N) is 1. The van der Waals surface area contributed by atoms with Gasteiger partial charge in [0.15, 0.2) is 5.65 Å². The van der Waals surface area contributed by atoms with Gasteiger partial charge in [-0.3, -0.25) is 9.20 Å². The van der Waals surface area contributed by atoms with Crippen LogP contribution in [0.25, 0.3) is 5.65 Å². The minimum absolute atomic E-state index is 0.00456. The summed E-state index contributed by atoms with van der Waals surface area (Å²) in [7, 11) is -2.36. The van der Waals surface area contributed by atoms with Crippen molar-refractivity contribution in [2.75, 3.05) is 23.9 Å². The summed E-state index contributed by atoms with van der Waals surface area (Å²) in [5, 5.41) is 15.8. The van der Waals surface area contributed by atoms with Crippen molar-refractivity contribution in [3.8, 4) is 5.88 Å². The van der Waals surface area contributed by atoms with Crippen molar-refractivity contribution in [2.45, 2.75) is 23.8 Å². The minimum atomic E-state index is -3.85. The molecule has 0 aliphatic carbocycles. The Morgan fingerprint density at radius 2 is 1.97 bits per heavy atom. The molecule has 12 nitrogen and oxygen atoms in total. The van der Waals surface area contributed by atoms with Crippen LogP contribution in [0.4, 0.5) is 15.9 Å². The summed E-state index contributed by atoms with van der Waals surface area (Å²) in [6, 6.07) is 6.60. The van der Waals surface area contributed by atoms with Gasteiger partial charge < -0.3 is 15.0 Å². The van der Waals surface area contributed by atoms with E-state index in [-0.39, 0.29) is 16.8 Å². The number of fused-ring (bicyclic) bond motifs is 1. The van der Waals surface area contributed by atoms with E-state index in [0.29, 0.717) is 35.1 Å². The first-order chi connectivity index (χ1) is 17.2. The van der Waals surface area contributed by atoms with Crippen molar-refractivity contribution in [3.63, 3.8) is 0 Å². The topological polar surface area (TPSA) is 158 Å². The Balaban J connectivity index is 1.44. The number of carbonyl (C=O) groups is 1. The molecule has 1 atom stereocenters. The first kappa shape index (κ1) is 23.6. The number of methoxy groups -OCH3 is 1. The monoisotopic (exact) mass is 512 g/mol. The number of benzene rings is 1. The third kappa shape index (κ3) is 4.43. The van der Waals surface area contributed by atoms with Crippen LogP contribution in [0.3, 0.4) is 0 Å². The maximum absolute atomic E-state index is 14.0. The van der Waals surface area contributed by atoms with E-state index in [1.807, 2.05) is 4.90 Å². The molecule has 1 saturated heterocycles. The summed E-state index contributed by atoms with van der Waals surface area (Å²) >= 11 is 0. The zero-order valence-corrected chi connectivity index (χ0v) is 19.8. The number of pyridine rings is 1. The molecule has 1 amide bonds. The highest BCUT2D eigenvalue weighted by Crippen LogP contribution is 2.38. The minimum Gasteiger partial charge on any atom is -0.481 e. The van der Waals surface area contributed by atoms with Gasteiger partial charge in [0, 0.05) is 17.8 Å². The summed E-state index contributed by atoms with van der Waals surface area (Å²) in [5.41, 5.74) is 1.32. The highest BCUT2D eigenvalue weighted by Gasteiger charge is 2.31. The lowest BCUT2D eigenvalue weighted by molar-refractivity contribution is 0.101. The van der Waals surface area contributed by atoms with Crippen LogP contribution in [0.15, 0.2) is 53.8 Å². The summed E-state index contributed by atoms with van der Waals surface area (Å²) < 4.78 is 43.7. The fourth-order valence-electron chi connectivity index (χ4n) is 4.23. The van der Waals surface area contributed by atoms with Crippen molar-refractivity contribution >= 4 is 33.1 Å². The van der Waals surface area contributed by atoms with Gasteiger partial charge in [-0.15, -0.1) is 10.2 Å². The molecule has 0 radical (unpaired) electrons. The zero-order valence-electron chi connectivity index (χ0n) is 19.0. The average Bonchev–Trinajstić information content (AvgIpc) is 3.51. The van der Waals surface area contributed by atoms with Gasteiger partial charge in [0.2, 0.25) is 21.7 Å². The molecule has 1 fully saturated rings. The van der Waals surface area contributed by atoms with Gasteiger partial charge in [-0.1, -0.05) is 0 Å². The molecular weight excluding hydrogens is 491 g/mol. The molecule has 1 aliphatic rings.